The summed E-state index contributed by atoms with van der Waals surface area (Å²) in [4.78, 5) is 52.3. The highest BCUT2D eigenvalue weighted by Crippen LogP contribution is 2.43. The number of rotatable bonds is 7. The minimum Gasteiger partial charge on any atom is -0.455 e. The van der Waals surface area contributed by atoms with Crippen molar-refractivity contribution >= 4 is 23.6 Å². The van der Waals surface area contributed by atoms with E-state index in [4.69, 9.17) is 33.3 Å². The zero-order valence-electron chi connectivity index (χ0n) is 34.0. The first kappa shape index (κ1) is 44.5. The van der Waals surface area contributed by atoms with Gasteiger partial charge >= 0.3 is 12.1 Å². The summed E-state index contributed by atoms with van der Waals surface area (Å²) in [5, 5.41) is 25.1. The number of carbonyl (C=O) groups is 3. The number of methoxy groups -OCH3 is 1. The number of alkyl halides is 1. The van der Waals surface area contributed by atoms with Crippen LogP contribution in [-0.4, -0.2) is 126 Å². The van der Waals surface area contributed by atoms with Crippen molar-refractivity contribution in [1.29, 1.82) is 5.26 Å². The highest BCUT2D eigenvalue weighted by atomic mass is 19.1. The maximum Gasteiger partial charge on any atom is 0.509 e. The molecule has 15 nitrogen and oxygen atoms in total. The molecular formula is C40H55FN4O11. The number of hydrogen-bond acceptors (Lipinski definition) is 15. The minimum absolute atomic E-state index is 0.0630. The molecule has 0 spiro atoms. The molecule has 16 heteroatoms. The van der Waals surface area contributed by atoms with Crippen LogP contribution in [0.2, 0.25) is 0 Å². The Bertz CT molecular complexity index is 1740. The molecule has 13 atom stereocenters. The Morgan fingerprint density at radius 1 is 1.09 bits per heavy atom. The minimum atomic E-state index is -3.18. The highest BCUT2D eigenvalue weighted by molar-refractivity contribution is 6.08. The number of likely N-dealkylation sites (N-methyl/N-ethyl adjacent to an activating group) is 1. The van der Waals surface area contributed by atoms with Gasteiger partial charge in [-0.3, -0.25) is 9.78 Å². The van der Waals surface area contributed by atoms with Gasteiger partial charge < -0.3 is 43.3 Å². The topological polar surface area (TPSA) is 188 Å². The molecule has 4 rings (SSSR count). The Hall–Kier alpha value is -4.19. The van der Waals surface area contributed by atoms with Crippen LogP contribution in [0.1, 0.15) is 85.8 Å². The third kappa shape index (κ3) is 9.32. The molecule has 3 aliphatic heterocycles. The van der Waals surface area contributed by atoms with E-state index in [-0.39, 0.29) is 31.6 Å². The van der Waals surface area contributed by atoms with Crippen LogP contribution in [0.4, 0.5) is 9.18 Å². The number of carbonyl (C=O) groups excluding carboxylic acids is 3. The lowest BCUT2D eigenvalue weighted by atomic mass is 9.73. The van der Waals surface area contributed by atoms with Gasteiger partial charge in [0.1, 0.15) is 18.3 Å². The number of halogens is 1. The van der Waals surface area contributed by atoms with Crippen LogP contribution in [0.25, 0.3) is 0 Å². The monoisotopic (exact) mass is 786 g/mol. The molecule has 0 amide bonds. The van der Waals surface area contributed by atoms with E-state index in [0.29, 0.717) is 23.3 Å². The fourth-order valence-electron chi connectivity index (χ4n) is 8.08. The number of esters is 1. The predicted molar refractivity (Wildman–Crippen MR) is 198 cm³/mol. The molecule has 0 saturated carbocycles. The number of Topliss-reactive ketones (excluding diaryl/α,β-unsaturated/α-hetero) is 1. The second-order valence-corrected chi connectivity index (χ2v) is 15.7. The number of aromatic nitrogens is 1. The van der Waals surface area contributed by atoms with Crippen LogP contribution < -0.4 is 0 Å². The third-order valence-electron chi connectivity index (χ3n) is 11.2. The molecule has 0 aromatic carbocycles. The first-order valence-electron chi connectivity index (χ1n) is 18.8. The maximum atomic E-state index is 16.7. The fourth-order valence-corrected chi connectivity index (χ4v) is 8.08. The van der Waals surface area contributed by atoms with E-state index in [2.05, 4.69) is 22.0 Å². The fraction of sp³-hybridized carbons (Fsp3) is 0.700. The van der Waals surface area contributed by atoms with Gasteiger partial charge in [-0.2, -0.15) is 5.26 Å². The molecular weight excluding hydrogens is 731 g/mol. The Morgan fingerprint density at radius 3 is 2.39 bits per heavy atom. The summed E-state index contributed by atoms with van der Waals surface area (Å²) in [7, 11) is 5.05. The molecule has 0 aliphatic carbocycles. The summed E-state index contributed by atoms with van der Waals surface area (Å²) < 4.78 is 52.6. The van der Waals surface area contributed by atoms with Crippen molar-refractivity contribution < 1.29 is 57.1 Å². The molecule has 3 saturated heterocycles. The number of cyclic esters (lactones) is 1. The van der Waals surface area contributed by atoms with E-state index in [9.17, 15) is 24.8 Å². The van der Waals surface area contributed by atoms with E-state index in [1.807, 2.05) is 38.9 Å². The lowest BCUT2D eigenvalue weighted by Gasteiger charge is -2.47. The number of oxime groups is 1. The van der Waals surface area contributed by atoms with E-state index in [1.165, 1.54) is 33.4 Å². The predicted octanol–water partition coefficient (Wildman–Crippen LogP) is 4.12. The molecule has 308 valence electrons. The van der Waals surface area contributed by atoms with E-state index in [0.717, 1.165) is 6.92 Å². The molecule has 1 aromatic rings. The molecule has 4 heterocycles. The first-order chi connectivity index (χ1) is 26.2. The Balaban J connectivity index is 1.83. The summed E-state index contributed by atoms with van der Waals surface area (Å²) >= 11 is 0. The van der Waals surface area contributed by atoms with Crippen molar-refractivity contribution in [2.45, 2.75) is 134 Å². The van der Waals surface area contributed by atoms with Gasteiger partial charge in [0, 0.05) is 48.9 Å². The summed E-state index contributed by atoms with van der Waals surface area (Å²) in [5.74, 6) is 0.392. The van der Waals surface area contributed by atoms with Gasteiger partial charge in [0.25, 0.3) is 5.67 Å². The zero-order chi connectivity index (χ0) is 41.7. The number of fused-ring (bicyclic) bond motifs is 1. The second kappa shape index (κ2) is 17.9. The van der Waals surface area contributed by atoms with Gasteiger partial charge in [-0.05, 0) is 67.1 Å². The second-order valence-electron chi connectivity index (χ2n) is 15.7. The molecule has 0 unspecified atom stereocenters. The van der Waals surface area contributed by atoms with Crippen molar-refractivity contribution in [1.82, 2.24) is 9.88 Å². The number of ketones is 1. The van der Waals surface area contributed by atoms with Crippen LogP contribution >= 0.6 is 0 Å². The number of aliphatic hydroxyl groups excluding tert-OH is 1. The smallest absolute Gasteiger partial charge is 0.455 e. The SMILES string of the molecule is CC[C@H]1OC(=O)[C@@](C)(F)C(=O)[C@H](C)[C@@H](O[C@@H]2O[C@H](C)C[C@H](N(C)C)[C@H]2O)[C@](C)(OC)C[C@@H](C)/C(=N\OCC#Cc2cncc(C#N)c2)[C@H](C)[C@H]2OC(=O)O[C@@]21C. The number of nitriles is 1. The van der Waals surface area contributed by atoms with Gasteiger partial charge in [-0.25, -0.2) is 14.0 Å². The van der Waals surface area contributed by atoms with Crippen molar-refractivity contribution in [3.05, 3.63) is 29.6 Å². The Kier molecular flexibility index (Phi) is 14.3. The van der Waals surface area contributed by atoms with E-state index < -0.39 is 83.2 Å². The van der Waals surface area contributed by atoms with Crippen molar-refractivity contribution in [2.75, 3.05) is 27.8 Å². The van der Waals surface area contributed by atoms with Crippen molar-refractivity contribution in [3.8, 4) is 17.9 Å². The molecule has 0 bridgehead atoms. The highest BCUT2D eigenvalue weighted by Gasteiger charge is 2.60. The molecule has 1 N–H and O–H groups in total. The normalized spacial score (nSPS) is 38.9. The van der Waals surface area contributed by atoms with Crippen LogP contribution in [0.3, 0.4) is 0 Å². The average Bonchev–Trinajstić information content (AvgIpc) is 3.47. The van der Waals surface area contributed by atoms with Crippen LogP contribution in [0.5, 0.6) is 0 Å². The van der Waals surface area contributed by atoms with Gasteiger partial charge in [-0.15, -0.1) is 0 Å². The van der Waals surface area contributed by atoms with Gasteiger partial charge in [-0.1, -0.05) is 44.7 Å². The molecule has 1 aromatic heterocycles. The van der Waals surface area contributed by atoms with Gasteiger partial charge in [0.2, 0.25) is 0 Å². The molecule has 3 aliphatic rings. The molecule has 3 fully saturated rings. The van der Waals surface area contributed by atoms with Crippen LogP contribution in [0, 0.1) is 40.9 Å². The lowest BCUT2D eigenvalue weighted by Crippen LogP contribution is -2.61. The summed E-state index contributed by atoms with van der Waals surface area (Å²) in [5.41, 5.74) is -5.04. The van der Waals surface area contributed by atoms with Crippen LogP contribution in [-0.2, 0) is 42.8 Å². The number of aliphatic hydroxyl groups is 1. The lowest BCUT2D eigenvalue weighted by molar-refractivity contribution is -0.295. The van der Waals surface area contributed by atoms with Gasteiger partial charge in [0.15, 0.2) is 30.4 Å². The van der Waals surface area contributed by atoms with Crippen molar-refractivity contribution in [2.24, 2.45) is 22.9 Å². The van der Waals surface area contributed by atoms with Crippen LogP contribution in [0.15, 0.2) is 23.6 Å². The molecule has 0 radical (unpaired) electrons. The number of nitrogens with zero attached hydrogens (tertiary/aromatic N) is 4. The number of pyridine rings is 1. The third-order valence-corrected chi connectivity index (χ3v) is 11.2. The standard InChI is InChI=1S/C40H55FN4O11/c1-12-29-40(8)34(55-37(49)56-40)24(4)30(44-51-15-13-14-26-17-27(19-42)21-43-20-26)22(2)18-38(6,50-11)33(25(5)32(47)39(7,41)36(48)53-29)54-35-31(46)28(45(9)10)16-23(3)52-35/h17,20-25,28-29,31,33-35,46H,12,15-16,18H2,1-11H3/b44-30+/t22-,23-,24+,25+,28+,29-,31-,33-,34-,35+,38-,39+,40-/m1/s1. The Morgan fingerprint density at radius 2 is 1.77 bits per heavy atom. The van der Waals surface area contributed by atoms with Gasteiger partial charge in [0.05, 0.1) is 29.1 Å². The quantitative estimate of drug-likeness (QED) is 0.137. The zero-order valence-corrected chi connectivity index (χ0v) is 34.0. The van der Waals surface area contributed by atoms with Crippen molar-refractivity contribution in [3.63, 3.8) is 0 Å². The Labute approximate surface area is 328 Å². The maximum absolute atomic E-state index is 16.7. The number of ether oxygens (including phenoxy) is 6. The average molecular weight is 787 g/mol. The van der Waals surface area contributed by atoms with E-state index >= 15 is 4.39 Å². The van der Waals surface area contributed by atoms with E-state index in [1.54, 1.807) is 26.8 Å². The summed E-state index contributed by atoms with van der Waals surface area (Å²) in [6.07, 6.45) is -3.93. The largest absolute Gasteiger partial charge is 0.509 e. The molecule has 56 heavy (non-hydrogen) atoms. The summed E-state index contributed by atoms with van der Waals surface area (Å²) in [6, 6.07) is 3.23. The number of hydrogen-bond donors (Lipinski definition) is 1. The first-order valence-corrected chi connectivity index (χ1v) is 18.8. The summed E-state index contributed by atoms with van der Waals surface area (Å²) in [6.45, 7) is 12.3.